The molecule has 0 aromatic rings. The molecule has 0 aromatic heterocycles. The first-order valence-electron chi connectivity index (χ1n) is 2.38. The first-order valence-corrected chi connectivity index (χ1v) is 5.18. The molecule has 0 heterocycles. The molecule has 66 valence electrons. The number of rotatable bonds is 3. The lowest BCUT2D eigenvalue weighted by Gasteiger charge is -2.05. The summed E-state index contributed by atoms with van der Waals surface area (Å²) in [7, 11) is -7.18. The Labute approximate surface area is 63.9 Å². The first-order chi connectivity index (χ1) is 4.81. The fourth-order valence-corrected chi connectivity index (χ4v) is 1.84. The van der Waals surface area contributed by atoms with Crippen LogP contribution in [-0.2, 0) is 14.0 Å². The van der Waals surface area contributed by atoms with Gasteiger partial charge in [0.1, 0.15) is 0 Å². The molecular weight excluding hydrogens is 201 g/mol. The summed E-state index contributed by atoms with van der Waals surface area (Å²) in [5.74, 6) is 0. The zero-order valence-electron chi connectivity index (χ0n) is 5.26. The first kappa shape index (κ1) is 10.7. The summed E-state index contributed by atoms with van der Waals surface area (Å²) in [6.45, 7) is 3.05. The van der Waals surface area contributed by atoms with Gasteiger partial charge in [-0.15, -0.1) is 6.58 Å². The molecule has 0 rings (SSSR count). The van der Waals surface area contributed by atoms with Crippen LogP contribution in [0.1, 0.15) is 0 Å². The van der Waals surface area contributed by atoms with Crippen molar-refractivity contribution in [2.24, 2.45) is 0 Å². The molecule has 0 unspecified atom stereocenters. The molecular formula is C3H5F3O3SSi. The van der Waals surface area contributed by atoms with E-state index in [4.69, 9.17) is 0 Å². The molecule has 0 amide bonds. The molecule has 0 radical (unpaired) electrons. The minimum absolute atomic E-state index is 1.04. The second-order valence-electron chi connectivity index (χ2n) is 1.47. The van der Waals surface area contributed by atoms with Gasteiger partial charge in [0.15, 0.2) is 0 Å². The van der Waals surface area contributed by atoms with Gasteiger partial charge in [0.2, 0.25) is 9.76 Å². The highest BCUT2D eigenvalue weighted by molar-refractivity contribution is 7.88. The third-order valence-electron chi connectivity index (χ3n) is 0.625. The van der Waals surface area contributed by atoms with Crippen molar-refractivity contribution in [3.63, 3.8) is 0 Å². The number of halogens is 3. The number of alkyl halides is 3. The summed E-state index contributed by atoms with van der Waals surface area (Å²) in [5.41, 5.74) is -4.27. The topological polar surface area (TPSA) is 43.4 Å². The Morgan fingerprint density at radius 2 is 1.91 bits per heavy atom. The van der Waals surface area contributed by atoms with Crippen LogP contribution in [-0.4, -0.2) is 23.7 Å². The van der Waals surface area contributed by atoms with Gasteiger partial charge in [0.25, 0.3) is 0 Å². The predicted octanol–water partition coefficient (Wildman–Crippen LogP) is 0.0799. The summed E-state index contributed by atoms with van der Waals surface area (Å²) in [4.78, 5) is 0. The van der Waals surface area contributed by atoms with Crippen LogP contribution >= 0.6 is 0 Å². The van der Waals surface area contributed by atoms with Gasteiger partial charge in [-0.25, -0.2) is 0 Å². The van der Waals surface area contributed by atoms with Gasteiger partial charge < -0.3 is 3.87 Å². The van der Waals surface area contributed by atoms with Crippen molar-refractivity contribution in [1.29, 1.82) is 0 Å². The van der Waals surface area contributed by atoms with Gasteiger partial charge in [0, 0.05) is 0 Å². The lowest BCUT2D eigenvalue weighted by Crippen LogP contribution is -2.26. The van der Waals surface area contributed by atoms with Crippen molar-refractivity contribution in [2.75, 3.05) is 0 Å². The zero-order valence-corrected chi connectivity index (χ0v) is 7.49. The van der Waals surface area contributed by atoms with Crippen molar-refractivity contribution in [2.45, 2.75) is 5.51 Å². The molecule has 11 heavy (non-hydrogen) atoms. The van der Waals surface area contributed by atoms with Crippen LogP contribution < -0.4 is 0 Å². The standard InChI is InChI=1S/C3H5F3O3SSi/c1-2-11-9-10(7,8)3(4,5)6/h2H,1,11H2. The highest BCUT2D eigenvalue weighted by atomic mass is 32.2. The normalized spacial score (nSPS) is 14.1. The van der Waals surface area contributed by atoms with E-state index in [1.54, 1.807) is 0 Å². The fraction of sp³-hybridized carbons (Fsp3) is 0.333. The summed E-state index contributed by atoms with van der Waals surface area (Å²) >= 11 is 0. The van der Waals surface area contributed by atoms with Crippen LogP contribution in [0.5, 0.6) is 0 Å². The smallest absolute Gasteiger partial charge is 0.311 e. The molecule has 0 aliphatic heterocycles. The van der Waals surface area contributed by atoms with E-state index in [9.17, 15) is 21.6 Å². The molecule has 0 bridgehead atoms. The van der Waals surface area contributed by atoms with Crippen LogP contribution in [0.2, 0.25) is 0 Å². The SMILES string of the molecule is C=C[SiH2]OS(=O)(=O)C(F)(F)F. The summed E-state index contributed by atoms with van der Waals surface area (Å²) in [5, 5.41) is 0. The Bertz CT molecular complexity index is 231. The Kier molecular flexibility index (Phi) is 3.26. The molecule has 3 nitrogen and oxygen atoms in total. The molecule has 0 aromatic carbocycles. The Morgan fingerprint density at radius 3 is 2.18 bits per heavy atom. The van der Waals surface area contributed by atoms with E-state index in [2.05, 4.69) is 10.5 Å². The van der Waals surface area contributed by atoms with Crippen molar-refractivity contribution < 1.29 is 25.5 Å². The van der Waals surface area contributed by atoms with Crippen LogP contribution in [0.4, 0.5) is 13.2 Å². The minimum atomic E-state index is -5.37. The number of hydrogen-bond acceptors (Lipinski definition) is 3. The lowest BCUT2D eigenvalue weighted by atomic mass is 11.3. The molecule has 0 N–H and O–H groups in total. The van der Waals surface area contributed by atoms with E-state index in [0.717, 1.165) is 5.70 Å². The fourth-order valence-electron chi connectivity index (χ4n) is 0.205. The second kappa shape index (κ2) is 3.37. The maximum atomic E-state index is 11.4. The van der Waals surface area contributed by atoms with Crippen molar-refractivity contribution in [3.05, 3.63) is 12.3 Å². The van der Waals surface area contributed by atoms with E-state index in [1.165, 1.54) is 0 Å². The Balaban J connectivity index is 4.37. The number of hydrogen-bond donors (Lipinski definition) is 0. The van der Waals surface area contributed by atoms with Crippen molar-refractivity contribution in [3.8, 4) is 0 Å². The third-order valence-corrected chi connectivity index (χ3v) is 3.21. The highest BCUT2D eigenvalue weighted by Gasteiger charge is 2.46. The lowest BCUT2D eigenvalue weighted by molar-refractivity contribution is -0.0499. The molecule has 0 fully saturated rings. The van der Waals surface area contributed by atoms with Crippen LogP contribution in [0.15, 0.2) is 12.3 Å². The average molecular weight is 206 g/mol. The monoisotopic (exact) mass is 206 g/mol. The van der Waals surface area contributed by atoms with Gasteiger partial charge in [0.05, 0.1) is 0 Å². The van der Waals surface area contributed by atoms with Crippen molar-refractivity contribution in [1.82, 2.24) is 0 Å². The predicted molar refractivity (Wildman–Crippen MR) is 34.8 cm³/mol. The van der Waals surface area contributed by atoms with Gasteiger partial charge in [-0.2, -0.15) is 21.6 Å². The molecule has 8 heteroatoms. The quantitative estimate of drug-likeness (QED) is 0.485. The zero-order chi connectivity index (χ0) is 9.12. The van der Waals surface area contributed by atoms with E-state index in [1.807, 2.05) is 0 Å². The average Bonchev–Trinajstić information content (AvgIpc) is 1.81. The molecule has 0 spiro atoms. The van der Waals surface area contributed by atoms with E-state index >= 15 is 0 Å². The highest BCUT2D eigenvalue weighted by Crippen LogP contribution is 2.23. The van der Waals surface area contributed by atoms with Gasteiger partial charge in [-0.3, -0.25) is 0 Å². The largest absolute Gasteiger partial charge is 0.522 e. The summed E-state index contributed by atoms with van der Waals surface area (Å²) in [6, 6.07) is 0. The molecule has 0 saturated heterocycles. The van der Waals surface area contributed by atoms with Crippen LogP contribution in [0.3, 0.4) is 0 Å². The summed E-state index contributed by atoms with van der Waals surface area (Å²) < 4.78 is 58.0. The van der Waals surface area contributed by atoms with Crippen LogP contribution in [0, 0.1) is 0 Å². The summed E-state index contributed by atoms with van der Waals surface area (Å²) in [6.07, 6.45) is 0. The van der Waals surface area contributed by atoms with Gasteiger partial charge in [-0.05, 0) is 0 Å². The molecule has 0 atom stereocenters. The molecule has 0 saturated carbocycles. The van der Waals surface area contributed by atoms with E-state index in [0.29, 0.717) is 0 Å². The Morgan fingerprint density at radius 1 is 1.45 bits per heavy atom. The second-order valence-corrected chi connectivity index (χ2v) is 4.70. The Hall–Kier alpha value is -0.343. The molecule has 0 aliphatic carbocycles. The maximum Gasteiger partial charge on any atom is 0.522 e. The third kappa shape index (κ3) is 3.04. The van der Waals surface area contributed by atoms with Gasteiger partial charge >= 0.3 is 15.6 Å². The van der Waals surface area contributed by atoms with Gasteiger partial charge in [-0.1, -0.05) is 5.70 Å². The van der Waals surface area contributed by atoms with E-state index < -0.39 is 25.4 Å². The molecule has 0 aliphatic rings. The minimum Gasteiger partial charge on any atom is -0.311 e. The van der Waals surface area contributed by atoms with Crippen molar-refractivity contribution >= 4 is 19.9 Å². The maximum absolute atomic E-state index is 11.4. The van der Waals surface area contributed by atoms with E-state index in [-0.39, 0.29) is 0 Å². The van der Waals surface area contributed by atoms with Crippen LogP contribution in [0.25, 0.3) is 0 Å².